The van der Waals surface area contributed by atoms with E-state index in [0.29, 0.717) is 11.3 Å². The van der Waals surface area contributed by atoms with Crippen LogP contribution in [0.15, 0.2) is 59.5 Å². The van der Waals surface area contributed by atoms with Gasteiger partial charge in [-0.3, -0.25) is 14.4 Å². The third-order valence-corrected chi connectivity index (χ3v) is 7.24. The summed E-state index contributed by atoms with van der Waals surface area (Å²) in [7, 11) is -3.81. The van der Waals surface area contributed by atoms with Gasteiger partial charge in [-0.15, -0.1) is 0 Å². The number of urea groups is 1. The Balaban J connectivity index is 1.49. The second-order valence-corrected chi connectivity index (χ2v) is 9.67. The van der Waals surface area contributed by atoms with Gasteiger partial charge < -0.3 is 9.80 Å². The minimum Gasteiger partial charge on any atom is -0.337 e. The van der Waals surface area contributed by atoms with Crippen molar-refractivity contribution >= 4 is 39.2 Å². The number of fused-ring (bicyclic) bond motifs is 1. The molecule has 2 fully saturated rings. The molecule has 32 heavy (non-hydrogen) atoms. The van der Waals surface area contributed by atoms with E-state index < -0.39 is 39.5 Å². The zero-order valence-electron chi connectivity index (χ0n) is 17.3. The highest BCUT2D eigenvalue weighted by atomic mass is 32.2. The summed E-state index contributed by atoms with van der Waals surface area (Å²) in [5.41, 5.74) is 0.797. The summed E-state index contributed by atoms with van der Waals surface area (Å²) >= 11 is 0. The van der Waals surface area contributed by atoms with E-state index in [1.807, 2.05) is 0 Å². The number of ketones is 1. The summed E-state index contributed by atoms with van der Waals surface area (Å²) in [5.74, 6) is -1.94. The number of benzene rings is 2. The molecule has 9 nitrogen and oxygen atoms in total. The number of carbonyl (C=O) groups excluding carboxylic acids is 4. The number of amides is 4. The van der Waals surface area contributed by atoms with Gasteiger partial charge in [-0.05, 0) is 43.3 Å². The predicted octanol–water partition coefficient (Wildman–Crippen LogP) is 1.34. The van der Waals surface area contributed by atoms with E-state index in [9.17, 15) is 27.6 Å². The van der Waals surface area contributed by atoms with Crippen LogP contribution in [0.4, 0.5) is 10.5 Å². The Hall–Kier alpha value is -3.53. The van der Waals surface area contributed by atoms with E-state index in [4.69, 9.17) is 0 Å². The lowest BCUT2D eigenvalue weighted by Gasteiger charge is -2.35. The highest BCUT2D eigenvalue weighted by Gasteiger charge is 2.49. The number of rotatable bonds is 5. The van der Waals surface area contributed by atoms with E-state index in [1.165, 1.54) is 41.0 Å². The Morgan fingerprint density at radius 2 is 1.62 bits per heavy atom. The molecule has 0 N–H and O–H groups in total. The minimum absolute atomic E-state index is 0.0549. The molecule has 2 aliphatic rings. The van der Waals surface area contributed by atoms with Crippen LogP contribution >= 0.6 is 0 Å². The molecular formula is C22H21N3O6S. The second-order valence-electron chi connectivity index (χ2n) is 7.68. The van der Waals surface area contributed by atoms with Crippen LogP contribution < -0.4 is 4.90 Å². The van der Waals surface area contributed by atoms with Crippen LogP contribution in [0, 0.1) is 0 Å². The number of sulfone groups is 1. The normalized spacial score (nSPS) is 18.7. The van der Waals surface area contributed by atoms with Gasteiger partial charge in [-0.2, -0.15) is 0 Å². The van der Waals surface area contributed by atoms with Crippen LogP contribution in [-0.4, -0.2) is 73.3 Å². The van der Waals surface area contributed by atoms with Gasteiger partial charge in [-0.25, -0.2) is 18.1 Å². The van der Waals surface area contributed by atoms with E-state index in [0.717, 1.165) is 4.90 Å². The number of hydrogen-bond donors (Lipinski definition) is 0. The molecular weight excluding hydrogens is 434 g/mol. The Kier molecular flexibility index (Phi) is 5.55. The number of carbonyl (C=O) groups is 4. The first-order valence-corrected chi connectivity index (χ1v) is 11.7. The molecule has 4 amide bonds. The molecule has 0 bridgehead atoms. The van der Waals surface area contributed by atoms with Crippen molar-refractivity contribution in [1.82, 2.24) is 9.80 Å². The lowest BCUT2D eigenvalue weighted by molar-refractivity contribution is -0.132. The molecule has 0 aliphatic carbocycles. The molecule has 1 atom stereocenters. The molecule has 0 aromatic heterocycles. The molecule has 2 saturated heterocycles. The van der Waals surface area contributed by atoms with Crippen molar-refractivity contribution in [1.29, 1.82) is 0 Å². The van der Waals surface area contributed by atoms with Crippen molar-refractivity contribution in [2.24, 2.45) is 0 Å². The third kappa shape index (κ3) is 3.89. The summed E-state index contributed by atoms with van der Waals surface area (Å²) in [5, 5.41) is 0. The number of Topliss-reactive ketones (excluding diaryl/α,β-unsaturated/α-hetero) is 1. The van der Waals surface area contributed by atoms with Crippen molar-refractivity contribution in [3.05, 3.63) is 60.2 Å². The van der Waals surface area contributed by atoms with Crippen molar-refractivity contribution in [3.63, 3.8) is 0 Å². The zero-order valence-corrected chi connectivity index (χ0v) is 18.1. The summed E-state index contributed by atoms with van der Waals surface area (Å²) in [6, 6.07) is 12.5. The lowest BCUT2D eigenvalue weighted by Crippen LogP contribution is -2.55. The van der Waals surface area contributed by atoms with Crippen LogP contribution in [0.25, 0.3) is 0 Å². The van der Waals surface area contributed by atoms with Crippen LogP contribution in [0.1, 0.15) is 17.3 Å². The van der Waals surface area contributed by atoms with Crippen molar-refractivity contribution in [2.45, 2.75) is 17.9 Å². The molecule has 166 valence electrons. The van der Waals surface area contributed by atoms with E-state index in [1.54, 1.807) is 30.3 Å². The largest absolute Gasteiger partial charge is 0.337 e. The van der Waals surface area contributed by atoms with Crippen molar-refractivity contribution < 1.29 is 27.6 Å². The Morgan fingerprint density at radius 1 is 0.969 bits per heavy atom. The van der Waals surface area contributed by atoms with E-state index in [2.05, 4.69) is 0 Å². The van der Waals surface area contributed by atoms with Gasteiger partial charge >= 0.3 is 6.03 Å². The fourth-order valence-electron chi connectivity index (χ4n) is 3.87. The molecule has 2 aliphatic heterocycles. The van der Waals surface area contributed by atoms with Gasteiger partial charge in [0.25, 0.3) is 5.91 Å². The molecule has 4 rings (SSSR count). The third-order valence-electron chi connectivity index (χ3n) is 5.62. The molecule has 2 aromatic rings. The summed E-state index contributed by atoms with van der Waals surface area (Å²) in [4.78, 5) is 53.8. The molecule has 0 saturated carbocycles. The zero-order chi connectivity index (χ0) is 23.0. The van der Waals surface area contributed by atoms with Gasteiger partial charge in [-0.1, -0.05) is 18.2 Å². The number of piperazine rings is 1. The van der Waals surface area contributed by atoms with Gasteiger partial charge in [0.2, 0.25) is 5.91 Å². The SMILES string of the molecule is CC(=O)c1ccc(N2C(=O)[C@H]3CN(C(=O)CS(=O)(=O)c4ccccc4)CCN3C2=O)cc1. The van der Waals surface area contributed by atoms with Gasteiger partial charge in [0, 0.05) is 18.7 Å². The highest BCUT2D eigenvalue weighted by Crippen LogP contribution is 2.28. The van der Waals surface area contributed by atoms with Crippen molar-refractivity contribution in [3.8, 4) is 0 Å². The molecule has 0 unspecified atom stereocenters. The minimum atomic E-state index is -3.81. The number of nitrogens with zero attached hydrogens (tertiary/aromatic N) is 3. The smallest absolute Gasteiger partial charge is 0.332 e. The van der Waals surface area contributed by atoms with Crippen LogP contribution in [0.3, 0.4) is 0 Å². The second kappa shape index (κ2) is 8.19. The number of hydrogen-bond acceptors (Lipinski definition) is 6. The first kappa shape index (κ1) is 21.7. The highest BCUT2D eigenvalue weighted by molar-refractivity contribution is 7.92. The molecule has 10 heteroatoms. The predicted molar refractivity (Wildman–Crippen MR) is 115 cm³/mol. The van der Waals surface area contributed by atoms with E-state index in [-0.39, 0.29) is 30.3 Å². The quantitative estimate of drug-likeness (QED) is 0.497. The van der Waals surface area contributed by atoms with Gasteiger partial charge in [0.1, 0.15) is 11.8 Å². The summed E-state index contributed by atoms with van der Waals surface area (Å²) in [6.07, 6.45) is 0. The molecule has 2 aromatic carbocycles. The summed E-state index contributed by atoms with van der Waals surface area (Å²) < 4.78 is 25.1. The number of anilines is 1. The van der Waals surface area contributed by atoms with Crippen LogP contribution in [-0.2, 0) is 19.4 Å². The van der Waals surface area contributed by atoms with Crippen molar-refractivity contribution in [2.75, 3.05) is 30.3 Å². The Labute approximate surface area is 185 Å². The maximum absolute atomic E-state index is 13.0. The fourth-order valence-corrected chi connectivity index (χ4v) is 5.12. The maximum Gasteiger partial charge on any atom is 0.332 e. The monoisotopic (exact) mass is 455 g/mol. The van der Waals surface area contributed by atoms with E-state index >= 15 is 0 Å². The first-order valence-electron chi connectivity index (χ1n) is 10.0. The fraction of sp³-hybridized carbons (Fsp3) is 0.273. The average Bonchev–Trinajstić information content (AvgIpc) is 3.03. The molecule has 2 heterocycles. The van der Waals surface area contributed by atoms with Crippen LogP contribution in [0.5, 0.6) is 0 Å². The maximum atomic E-state index is 13.0. The Bertz CT molecular complexity index is 1190. The standard InChI is InChI=1S/C22H21N3O6S/c1-15(26)16-7-9-17(10-8-16)25-21(28)19-13-23(11-12-24(19)22(25)29)20(27)14-32(30,31)18-5-3-2-4-6-18/h2-10,19H,11-14H2,1H3/t19-/m1/s1. The molecule has 0 radical (unpaired) electrons. The lowest BCUT2D eigenvalue weighted by atomic mass is 10.1. The first-order chi connectivity index (χ1) is 15.2. The van der Waals surface area contributed by atoms with Crippen LogP contribution in [0.2, 0.25) is 0 Å². The van der Waals surface area contributed by atoms with Gasteiger partial charge in [0.15, 0.2) is 15.6 Å². The van der Waals surface area contributed by atoms with Gasteiger partial charge in [0.05, 0.1) is 17.1 Å². The average molecular weight is 455 g/mol. The summed E-state index contributed by atoms with van der Waals surface area (Å²) in [6.45, 7) is 1.60. The molecule has 0 spiro atoms. The topological polar surface area (TPSA) is 112 Å². The Morgan fingerprint density at radius 3 is 2.25 bits per heavy atom. The number of imide groups is 1.